The van der Waals surface area contributed by atoms with Crippen molar-refractivity contribution in [2.45, 2.75) is 0 Å². The van der Waals surface area contributed by atoms with Gasteiger partial charge in [0.15, 0.2) is 0 Å². The third kappa shape index (κ3) is 5.75. The quantitative estimate of drug-likeness (QED) is 0.908. The minimum absolute atomic E-state index is 0. The Hall–Kier alpha value is -0.690. The van der Waals surface area contributed by atoms with E-state index < -0.39 is 10.0 Å². The van der Waals surface area contributed by atoms with Gasteiger partial charge in [-0.05, 0) is 31.3 Å². The zero-order chi connectivity index (χ0) is 13.2. The van der Waals surface area contributed by atoms with Gasteiger partial charge in [-0.15, -0.1) is 24.8 Å². The maximum atomic E-state index is 11.1. The zero-order valence-electron chi connectivity index (χ0n) is 11.6. The van der Waals surface area contributed by atoms with Gasteiger partial charge in [0, 0.05) is 37.6 Å². The van der Waals surface area contributed by atoms with E-state index in [9.17, 15) is 8.42 Å². The molecule has 0 aromatic heterocycles. The van der Waals surface area contributed by atoms with Gasteiger partial charge in [-0.25, -0.2) is 8.42 Å². The van der Waals surface area contributed by atoms with Gasteiger partial charge in [0.05, 0.1) is 6.26 Å². The number of benzene rings is 1. The first-order chi connectivity index (χ1) is 8.44. The van der Waals surface area contributed by atoms with Gasteiger partial charge in [0.1, 0.15) is 0 Å². The number of anilines is 2. The highest BCUT2D eigenvalue weighted by molar-refractivity contribution is 7.92. The molecular weight excluding hydrogens is 321 g/mol. The predicted molar refractivity (Wildman–Crippen MR) is 89.1 cm³/mol. The van der Waals surface area contributed by atoms with Gasteiger partial charge in [-0.2, -0.15) is 0 Å². The maximum Gasteiger partial charge on any atom is 0.229 e. The third-order valence-corrected chi connectivity index (χ3v) is 3.65. The molecule has 20 heavy (non-hydrogen) atoms. The molecular formula is C12H21Cl2N3O2S. The summed E-state index contributed by atoms with van der Waals surface area (Å²) in [6.07, 6.45) is 1.15. The average Bonchev–Trinajstić information content (AvgIpc) is 2.29. The topological polar surface area (TPSA) is 52.6 Å². The highest BCUT2D eigenvalue weighted by Crippen LogP contribution is 2.19. The lowest BCUT2D eigenvalue weighted by molar-refractivity contribution is 0.313. The van der Waals surface area contributed by atoms with E-state index in [-0.39, 0.29) is 24.8 Å². The van der Waals surface area contributed by atoms with Crippen molar-refractivity contribution in [3.8, 4) is 0 Å². The number of rotatable bonds is 3. The molecule has 0 radical (unpaired) electrons. The fourth-order valence-corrected chi connectivity index (χ4v) is 2.58. The fraction of sp³-hybridized carbons (Fsp3) is 0.500. The summed E-state index contributed by atoms with van der Waals surface area (Å²) in [5.41, 5.74) is 1.75. The van der Waals surface area contributed by atoms with Crippen LogP contribution >= 0.6 is 24.8 Å². The Bertz CT molecular complexity index is 500. The minimum Gasteiger partial charge on any atom is -0.369 e. The Labute approximate surface area is 133 Å². The van der Waals surface area contributed by atoms with Gasteiger partial charge in [0.25, 0.3) is 0 Å². The van der Waals surface area contributed by atoms with Crippen LogP contribution in [0.4, 0.5) is 11.4 Å². The van der Waals surface area contributed by atoms with E-state index in [4.69, 9.17) is 0 Å². The van der Waals surface area contributed by atoms with Crippen molar-refractivity contribution in [2.24, 2.45) is 0 Å². The lowest BCUT2D eigenvalue weighted by Gasteiger charge is -2.34. The number of nitrogens with one attached hydrogen (secondary N) is 1. The summed E-state index contributed by atoms with van der Waals surface area (Å²) < 4.78 is 24.7. The second-order valence-electron chi connectivity index (χ2n) is 4.71. The van der Waals surface area contributed by atoms with E-state index in [0.717, 1.165) is 38.1 Å². The van der Waals surface area contributed by atoms with E-state index in [1.807, 2.05) is 12.1 Å². The number of piperazine rings is 1. The highest BCUT2D eigenvalue weighted by atomic mass is 35.5. The van der Waals surface area contributed by atoms with Crippen LogP contribution in [-0.4, -0.2) is 52.8 Å². The average molecular weight is 342 g/mol. The standard InChI is InChI=1S/C12H19N3O2S.2ClH/c1-14-7-9-15(10-8-14)12-5-3-11(4-6-12)13-18(2,16)17;;/h3-6,13H,7-10H2,1-2H3;2*1H. The molecule has 116 valence electrons. The summed E-state index contributed by atoms with van der Waals surface area (Å²) in [5.74, 6) is 0. The number of sulfonamides is 1. The van der Waals surface area contributed by atoms with E-state index >= 15 is 0 Å². The van der Waals surface area contributed by atoms with Crippen LogP contribution < -0.4 is 9.62 Å². The van der Waals surface area contributed by atoms with E-state index in [1.54, 1.807) is 12.1 Å². The van der Waals surface area contributed by atoms with Gasteiger partial charge >= 0.3 is 0 Å². The lowest BCUT2D eigenvalue weighted by Crippen LogP contribution is -2.44. The van der Waals surface area contributed by atoms with E-state index in [0.29, 0.717) is 5.69 Å². The summed E-state index contributed by atoms with van der Waals surface area (Å²) >= 11 is 0. The number of hydrogen-bond acceptors (Lipinski definition) is 4. The first kappa shape index (κ1) is 19.3. The summed E-state index contributed by atoms with van der Waals surface area (Å²) in [4.78, 5) is 4.61. The third-order valence-electron chi connectivity index (χ3n) is 3.04. The van der Waals surface area contributed by atoms with Crippen LogP contribution in [0.3, 0.4) is 0 Å². The van der Waals surface area contributed by atoms with E-state index in [1.165, 1.54) is 0 Å². The second-order valence-corrected chi connectivity index (χ2v) is 6.46. The van der Waals surface area contributed by atoms with Crippen LogP contribution in [0, 0.1) is 0 Å². The number of likely N-dealkylation sites (N-methyl/N-ethyl adjacent to an activating group) is 1. The monoisotopic (exact) mass is 341 g/mol. The first-order valence-electron chi connectivity index (χ1n) is 5.95. The molecule has 1 aliphatic rings. The lowest BCUT2D eigenvalue weighted by atomic mass is 10.2. The Morgan fingerprint density at radius 2 is 1.50 bits per heavy atom. The maximum absolute atomic E-state index is 11.1. The molecule has 0 saturated carbocycles. The zero-order valence-corrected chi connectivity index (χ0v) is 14.0. The smallest absolute Gasteiger partial charge is 0.229 e. The first-order valence-corrected chi connectivity index (χ1v) is 7.84. The molecule has 8 heteroatoms. The van der Waals surface area contributed by atoms with Crippen molar-refractivity contribution in [1.82, 2.24) is 4.90 Å². The van der Waals surface area contributed by atoms with Crippen molar-refractivity contribution in [3.63, 3.8) is 0 Å². The summed E-state index contributed by atoms with van der Waals surface area (Å²) in [5, 5.41) is 0. The molecule has 0 aliphatic carbocycles. The molecule has 0 spiro atoms. The number of hydrogen-bond donors (Lipinski definition) is 1. The van der Waals surface area contributed by atoms with Crippen LogP contribution in [0.2, 0.25) is 0 Å². The molecule has 1 aromatic carbocycles. The molecule has 0 bridgehead atoms. The second kappa shape index (κ2) is 7.93. The SMILES string of the molecule is CN1CCN(c2ccc(NS(C)(=O)=O)cc2)CC1.Cl.Cl. The van der Waals surface area contributed by atoms with Crippen LogP contribution in [0.25, 0.3) is 0 Å². The molecule has 1 aliphatic heterocycles. The molecule has 2 rings (SSSR count). The minimum atomic E-state index is -3.19. The Morgan fingerprint density at radius 1 is 1.00 bits per heavy atom. The molecule has 0 amide bonds. The molecule has 0 unspecified atom stereocenters. The normalized spacial score (nSPS) is 16.0. The predicted octanol–water partition coefficient (Wildman–Crippen LogP) is 1.65. The van der Waals surface area contributed by atoms with Crippen LogP contribution in [0.5, 0.6) is 0 Å². The largest absolute Gasteiger partial charge is 0.369 e. The van der Waals surface area contributed by atoms with Gasteiger partial charge in [-0.3, -0.25) is 4.72 Å². The fourth-order valence-electron chi connectivity index (χ4n) is 2.02. The van der Waals surface area contributed by atoms with E-state index in [2.05, 4.69) is 21.6 Å². The molecule has 5 nitrogen and oxygen atoms in total. The van der Waals surface area contributed by atoms with Crippen molar-refractivity contribution >= 4 is 46.2 Å². The van der Waals surface area contributed by atoms with Crippen LogP contribution in [0.15, 0.2) is 24.3 Å². The van der Waals surface area contributed by atoms with Crippen LogP contribution in [-0.2, 0) is 10.0 Å². The summed E-state index contributed by atoms with van der Waals surface area (Å²) in [6, 6.07) is 7.51. The Kier molecular flexibility index (Phi) is 7.65. The molecule has 1 heterocycles. The molecule has 1 aromatic rings. The Balaban J connectivity index is 0.00000180. The number of nitrogens with zero attached hydrogens (tertiary/aromatic N) is 2. The van der Waals surface area contributed by atoms with Crippen molar-refractivity contribution < 1.29 is 8.42 Å². The van der Waals surface area contributed by atoms with Gasteiger partial charge < -0.3 is 9.80 Å². The number of halogens is 2. The molecule has 0 atom stereocenters. The van der Waals surface area contributed by atoms with Gasteiger partial charge in [0.2, 0.25) is 10.0 Å². The van der Waals surface area contributed by atoms with Crippen LogP contribution in [0.1, 0.15) is 0 Å². The highest BCUT2D eigenvalue weighted by Gasteiger charge is 2.14. The van der Waals surface area contributed by atoms with Crippen molar-refractivity contribution in [2.75, 3.05) is 49.1 Å². The van der Waals surface area contributed by atoms with Gasteiger partial charge in [-0.1, -0.05) is 0 Å². The Morgan fingerprint density at radius 3 is 1.95 bits per heavy atom. The summed E-state index contributed by atoms with van der Waals surface area (Å²) in [6.45, 7) is 4.14. The molecule has 1 saturated heterocycles. The summed E-state index contributed by atoms with van der Waals surface area (Å²) in [7, 11) is -1.07. The molecule has 1 fully saturated rings. The van der Waals surface area contributed by atoms with Crippen molar-refractivity contribution in [1.29, 1.82) is 0 Å². The van der Waals surface area contributed by atoms with Crippen molar-refractivity contribution in [3.05, 3.63) is 24.3 Å². The molecule has 1 N–H and O–H groups in total.